The van der Waals surface area contributed by atoms with Crippen LogP contribution in [0.2, 0.25) is 0 Å². The number of amides is 1. The Labute approximate surface area is 156 Å². The molecule has 0 spiro atoms. The summed E-state index contributed by atoms with van der Waals surface area (Å²) in [5.74, 6) is 0.758. The van der Waals surface area contributed by atoms with Gasteiger partial charge in [-0.1, -0.05) is 54.1 Å². The first-order chi connectivity index (χ1) is 12.6. The second-order valence-corrected chi connectivity index (χ2v) is 7.83. The summed E-state index contributed by atoms with van der Waals surface area (Å²) in [6, 6.07) is 18.2. The quantitative estimate of drug-likeness (QED) is 0.817. The third kappa shape index (κ3) is 3.41. The summed E-state index contributed by atoms with van der Waals surface area (Å²) >= 11 is 0. The van der Waals surface area contributed by atoms with Crippen LogP contribution in [0.5, 0.6) is 0 Å². The Hall–Kier alpha value is -2.13. The van der Waals surface area contributed by atoms with Gasteiger partial charge in [-0.05, 0) is 43.0 Å². The van der Waals surface area contributed by atoms with Gasteiger partial charge in [-0.25, -0.2) is 0 Å². The van der Waals surface area contributed by atoms with Crippen molar-refractivity contribution in [1.29, 1.82) is 0 Å². The predicted octanol–water partition coefficient (Wildman–Crippen LogP) is 4.07. The topological polar surface area (TPSA) is 23.6 Å². The molecule has 1 unspecified atom stereocenters. The van der Waals surface area contributed by atoms with Gasteiger partial charge in [-0.3, -0.25) is 9.69 Å². The molecule has 2 aromatic rings. The summed E-state index contributed by atoms with van der Waals surface area (Å²) in [6.07, 6.45) is 2.32. The van der Waals surface area contributed by atoms with Crippen LogP contribution in [0.4, 0.5) is 0 Å². The Balaban J connectivity index is 1.51. The van der Waals surface area contributed by atoms with Gasteiger partial charge in [-0.2, -0.15) is 0 Å². The summed E-state index contributed by atoms with van der Waals surface area (Å²) in [5.41, 5.74) is 5.25. The normalized spacial score (nSPS) is 23.5. The maximum absolute atomic E-state index is 11.9. The van der Waals surface area contributed by atoms with Gasteiger partial charge in [0.05, 0.1) is 0 Å². The summed E-state index contributed by atoms with van der Waals surface area (Å²) in [5, 5.41) is 0. The van der Waals surface area contributed by atoms with Crippen LogP contribution in [0, 0.1) is 6.92 Å². The maximum atomic E-state index is 11.9. The Morgan fingerprint density at radius 1 is 0.962 bits per heavy atom. The summed E-state index contributed by atoms with van der Waals surface area (Å²) in [7, 11) is 0. The van der Waals surface area contributed by atoms with Crippen LogP contribution >= 0.6 is 0 Å². The monoisotopic (exact) mass is 348 g/mol. The van der Waals surface area contributed by atoms with Crippen LogP contribution in [0.15, 0.2) is 48.5 Å². The molecule has 136 valence electrons. The molecule has 1 amide bonds. The number of nitrogens with zero attached hydrogens (tertiary/aromatic N) is 2. The van der Waals surface area contributed by atoms with Gasteiger partial charge < -0.3 is 4.90 Å². The Bertz CT molecular complexity index is 783. The minimum absolute atomic E-state index is 0.215. The molecule has 4 rings (SSSR count). The first kappa shape index (κ1) is 17.3. The molecule has 0 aromatic heterocycles. The Kier molecular flexibility index (Phi) is 4.82. The van der Waals surface area contributed by atoms with Gasteiger partial charge in [0.25, 0.3) is 0 Å². The van der Waals surface area contributed by atoms with Crippen LogP contribution in [0.3, 0.4) is 0 Å². The molecule has 2 aliphatic rings. The van der Waals surface area contributed by atoms with E-state index in [9.17, 15) is 4.79 Å². The van der Waals surface area contributed by atoms with E-state index in [0.717, 1.165) is 26.1 Å². The maximum Gasteiger partial charge on any atom is 0.219 e. The zero-order valence-corrected chi connectivity index (χ0v) is 15.8. The predicted molar refractivity (Wildman–Crippen MR) is 106 cm³/mol. The van der Waals surface area contributed by atoms with Crippen molar-refractivity contribution in [3.63, 3.8) is 0 Å². The highest BCUT2D eigenvalue weighted by Gasteiger charge is 2.41. The molecule has 3 nitrogen and oxygen atoms in total. The van der Waals surface area contributed by atoms with Crippen molar-refractivity contribution >= 4 is 5.91 Å². The molecule has 0 N–H and O–H groups in total. The van der Waals surface area contributed by atoms with E-state index in [1.165, 1.54) is 35.2 Å². The second-order valence-electron chi connectivity index (χ2n) is 7.83. The lowest BCUT2D eigenvalue weighted by Gasteiger charge is -2.51. The van der Waals surface area contributed by atoms with Gasteiger partial charge in [0.1, 0.15) is 0 Å². The molecular weight excluding hydrogens is 320 g/mol. The summed E-state index contributed by atoms with van der Waals surface area (Å²) in [6.45, 7) is 7.93. The third-order valence-electron chi connectivity index (χ3n) is 6.03. The van der Waals surface area contributed by atoms with Crippen LogP contribution < -0.4 is 0 Å². The number of hydrogen-bond donors (Lipinski definition) is 0. The Morgan fingerprint density at radius 2 is 1.73 bits per heavy atom. The third-order valence-corrected chi connectivity index (χ3v) is 6.03. The first-order valence-electron chi connectivity index (χ1n) is 9.78. The van der Waals surface area contributed by atoms with Gasteiger partial charge >= 0.3 is 0 Å². The molecular formula is C23H28N2O. The van der Waals surface area contributed by atoms with E-state index in [2.05, 4.69) is 60.4 Å². The number of rotatable bonds is 2. The van der Waals surface area contributed by atoms with Crippen molar-refractivity contribution in [3.8, 4) is 11.1 Å². The van der Waals surface area contributed by atoms with Crippen LogP contribution in [-0.4, -0.2) is 47.9 Å². The van der Waals surface area contributed by atoms with Crippen LogP contribution in [0.1, 0.15) is 36.8 Å². The molecule has 0 aliphatic carbocycles. The highest BCUT2D eigenvalue weighted by atomic mass is 16.2. The van der Waals surface area contributed by atoms with Crippen LogP contribution in [0.25, 0.3) is 11.1 Å². The fourth-order valence-corrected chi connectivity index (χ4v) is 4.42. The molecule has 2 fully saturated rings. The van der Waals surface area contributed by atoms with Crippen molar-refractivity contribution in [2.75, 3.05) is 26.2 Å². The fourth-order valence-electron chi connectivity index (χ4n) is 4.42. The molecule has 3 heteroatoms. The molecule has 2 heterocycles. The molecule has 2 aromatic carbocycles. The van der Waals surface area contributed by atoms with Crippen molar-refractivity contribution in [2.45, 2.75) is 38.6 Å². The SMILES string of the molecule is CC(=O)N1CCCCN2CC(c3ccc(-c4cccc(C)c4)cc3)[C@@H]2C1. The smallest absolute Gasteiger partial charge is 0.219 e. The van der Waals surface area contributed by atoms with Gasteiger partial charge in [0.15, 0.2) is 0 Å². The van der Waals surface area contributed by atoms with E-state index in [0.29, 0.717) is 12.0 Å². The number of carbonyl (C=O) groups excluding carboxylic acids is 1. The number of benzene rings is 2. The van der Waals surface area contributed by atoms with E-state index >= 15 is 0 Å². The lowest BCUT2D eigenvalue weighted by atomic mass is 9.81. The van der Waals surface area contributed by atoms with E-state index < -0.39 is 0 Å². The fraction of sp³-hybridized carbons (Fsp3) is 0.435. The van der Waals surface area contributed by atoms with E-state index in [-0.39, 0.29) is 5.91 Å². The molecule has 2 saturated heterocycles. The number of aryl methyl sites for hydroxylation is 1. The highest BCUT2D eigenvalue weighted by Crippen LogP contribution is 2.36. The molecule has 2 aliphatic heterocycles. The van der Waals surface area contributed by atoms with Crippen molar-refractivity contribution in [1.82, 2.24) is 9.80 Å². The first-order valence-corrected chi connectivity index (χ1v) is 9.78. The lowest BCUT2D eigenvalue weighted by Crippen LogP contribution is -2.60. The standard InChI is InChI=1S/C23H28N2O/c1-17-6-5-7-21(14-17)19-8-10-20(11-9-19)22-15-25-13-4-3-12-24(18(2)26)16-23(22)25/h5-11,14,22-23H,3-4,12-13,15-16H2,1-2H3/t22?,23-/m0/s1. The average Bonchev–Trinajstić information content (AvgIpc) is 2.61. The van der Waals surface area contributed by atoms with Crippen LogP contribution in [-0.2, 0) is 4.79 Å². The Morgan fingerprint density at radius 3 is 2.46 bits per heavy atom. The molecule has 26 heavy (non-hydrogen) atoms. The summed E-state index contributed by atoms with van der Waals surface area (Å²) in [4.78, 5) is 16.5. The molecule has 0 bridgehead atoms. The number of fused-ring (bicyclic) bond motifs is 1. The number of carbonyl (C=O) groups is 1. The van der Waals surface area contributed by atoms with E-state index in [1.807, 2.05) is 4.90 Å². The average molecular weight is 348 g/mol. The van der Waals surface area contributed by atoms with E-state index in [1.54, 1.807) is 6.92 Å². The number of hydrogen-bond acceptors (Lipinski definition) is 2. The highest BCUT2D eigenvalue weighted by molar-refractivity contribution is 5.73. The van der Waals surface area contributed by atoms with Gasteiger partial charge in [0.2, 0.25) is 5.91 Å². The summed E-state index contributed by atoms with van der Waals surface area (Å²) < 4.78 is 0. The minimum atomic E-state index is 0.215. The zero-order chi connectivity index (χ0) is 18.1. The lowest BCUT2D eigenvalue weighted by molar-refractivity contribution is -0.131. The van der Waals surface area contributed by atoms with Crippen molar-refractivity contribution in [3.05, 3.63) is 59.7 Å². The molecule has 0 radical (unpaired) electrons. The largest absolute Gasteiger partial charge is 0.341 e. The van der Waals surface area contributed by atoms with E-state index in [4.69, 9.17) is 0 Å². The second kappa shape index (κ2) is 7.24. The molecule has 2 atom stereocenters. The van der Waals surface area contributed by atoms with Gasteiger partial charge in [-0.15, -0.1) is 0 Å². The zero-order valence-electron chi connectivity index (χ0n) is 15.8. The van der Waals surface area contributed by atoms with Crippen molar-refractivity contribution < 1.29 is 4.79 Å². The minimum Gasteiger partial charge on any atom is -0.341 e. The van der Waals surface area contributed by atoms with Crippen molar-refractivity contribution in [2.24, 2.45) is 0 Å². The molecule has 0 saturated carbocycles. The van der Waals surface area contributed by atoms with Gasteiger partial charge in [0, 0.05) is 38.5 Å².